The average molecular weight is 238 g/mol. The molecule has 0 radical (unpaired) electrons. The van der Waals surface area contributed by atoms with Gasteiger partial charge in [0.2, 0.25) is 0 Å². The quantitative estimate of drug-likeness (QED) is 0.753. The summed E-state index contributed by atoms with van der Waals surface area (Å²) in [7, 11) is 0. The molecular formula is C12H14O3S. The molecule has 0 bridgehead atoms. The molecule has 4 heteroatoms. The molecule has 1 aliphatic heterocycles. The van der Waals surface area contributed by atoms with Crippen LogP contribution >= 0.6 is 11.8 Å². The van der Waals surface area contributed by atoms with Crippen LogP contribution in [-0.4, -0.2) is 23.3 Å². The third-order valence-electron chi connectivity index (χ3n) is 2.30. The van der Waals surface area contributed by atoms with Crippen LogP contribution < -0.4 is 0 Å². The highest BCUT2D eigenvalue weighted by Gasteiger charge is 2.31. The molecule has 1 heterocycles. The van der Waals surface area contributed by atoms with Crippen molar-refractivity contribution in [2.45, 2.75) is 24.2 Å². The third kappa shape index (κ3) is 3.00. The van der Waals surface area contributed by atoms with E-state index < -0.39 is 0 Å². The van der Waals surface area contributed by atoms with Crippen molar-refractivity contribution in [2.24, 2.45) is 0 Å². The molecule has 2 atom stereocenters. The van der Waals surface area contributed by atoms with E-state index >= 15 is 0 Å². The summed E-state index contributed by atoms with van der Waals surface area (Å²) in [4.78, 5) is 11.1. The van der Waals surface area contributed by atoms with Crippen molar-refractivity contribution in [1.82, 2.24) is 0 Å². The minimum absolute atomic E-state index is 0.0645. The first kappa shape index (κ1) is 11.5. The SMILES string of the molecule is C[C@@H]1S[C@H](COCc2ccccc2)OC1=O. The van der Waals surface area contributed by atoms with Crippen LogP contribution in [0.15, 0.2) is 30.3 Å². The molecule has 3 nitrogen and oxygen atoms in total. The molecule has 1 aromatic carbocycles. The van der Waals surface area contributed by atoms with Gasteiger partial charge < -0.3 is 9.47 Å². The van der Waals surface area contributed by atoms with E-state index in [0.717, 1.165) is 5.56 Å². The number of hydrogen-bond donors (Lipinski definition) is 0. The number of benzene rings is 1. The van der Waals surface area contributed by atoms with Crippen LogP contribution in [0, 0.1) is 0 Å². The number of hydrogen-bond acceptors (Lipinski definition) is 4. The standard InChI is InChI=1S/C12H14O3S/c1-9-12(13)15-11(16-9)8-14-7-10-5-3-2-4-6-10/h2-6,9,11H,7-8H2,1H3/t9-,11+/m0/s1. The van der Waals surface area contributed by atoms with E-state index in [9.17, 15) is 4.79 Å². The molecule has 1 saturated heterocycles. The van der Waals surface area contributed by atoms with Gasteiger partial charge in [0, 0.05) is 0 Å². The Morgan fingerprint density at radius 3 is 2.75 bits per heavy atom. The first-order valence-corrected chi connectivity index (χ1v) is 6.17. The van der Waals surface area contributed by atoms with Crippen molar-refractivity contribution in [3.05, 3.63) is 35.9 Å². The van der Waals surface area contributed by atoms with E-state index in [-0.39, 0.29) is 16.7 Å². The number of carbonyl (C=O) groups is 1. The highest BCUT2D eigenvalue weighted by molar-refractivity contribution is 8.01. The van der Waals surface area contributed by atoms with Crippen molar-refractivity contribution in [3.8, 4) is 0 Å². The van der Waals surface area contributed by atoms with Gasteiger partial charge in [0.15, 0.2) is 5.44 Å². The summed E-state index contributed by atoms with van der Waals surface area (Å²) in [5, 5.41) is -0.0645. The Bertz CT molecular complexity index is 353. The zero-order valence-corrected chi connectivity index (χ0v) is 9.91. The van der Waals surface area contributed by atoms with E-state index in [2.05, 4.69) is 0 Å². The molecule has 0 N–H and O–H groups in total. The van der Waals surface area contributed by atoms with Gasteiger partial charge in [0.05, 0.1) is 13.2 Å². The first-order chi connectivity index (χ1) is 7.75. The molecule has 1 aliphatic rings. The maximum Gasteiger partial charge on any atom is 0.320 e. The molecule has 1 fully saturated rings. The van der Waals surface area contributed by atoms with Gasteiger partial charge in [-0.3, -0.25) is 4.79 Å². The smallest absolute Gasteiger partial charge is 0.320 e. The van der Waals surface area contributed by atoms with Crippen molar-refractivity contribution in [3.63, 3.8) is 0 Å². The van der Waals surface area contributed by atoms with Crippen molar-refractivity contribution in [2.75, 3.05) is 6.61 Å². The first-order valence-electron chi connectivity index (χ1n) is 5.23. The summed E-state index contributed by atoms with van der Waals surface area (Å²) in [5.74, 6) is -0.140. The molecule has 1 aromatic rings. The molecule has 0 spiro atoms. The van der Waals surface area contributed by atoms with Gasteiger partial charge in [-0.25, -0.2) is 0 Å². The van der Waals surface area contributed by atoms with E-state index in [0.29, 0.717) is 13.2 Å². The van der Waals surface area contributed by atoms with E-state index in [1.807, 2.05) is 37.3 Å². The Balaban J connectivity index is 1.71. The molecule has 0 aliphatic carbocycles. The van der Waals surface area contributed by atoms with Crippen LogP contribution in [0.2, 0.25) is 0 Å². The van der Waals surface area contributed by atoms with Crippen LogP contribution in [0.25, 0.3) is 0 Å². The molecule has 16 heavy (non-hydrogen) atoms. The Hall–Kier alpha value is -1.00. The highest BCUT2D eigenvalue weighted by atomic mass is 32.2. The predicted molar refractivity (Wildman–Crippen MR) is 63.0 cm³/mol. The Morgan fingerprint density at radius 2 is 2.12 bits per heavy atom. The minimum atomic E-state index is -0.147. The predicted octanol–water partition coefficient (Wildman–Crippen LogP) is 2.21. The van der Waals surface area contributed by atoms with Crippen LogP contribution in [0.1, 0.15) is 12.5 Å². The Morgan fingerprint density at radius 1 is 1.38 bits per heavy atom. The molecule has 0 saturated carbocycles. The normalized spacial score (nSPS) is 24.4. The van der Waals surface area contributed by atoms with Gasteiger partial charge in [-0.15, -0.1) is 11.8 Å². The monoisotopic (exact) mass is 238 g/mol. The molecule has 0 aromatic heterocycles. The number of ether oxygens (including phenoxy) is 2. The summed E-state index contributed by atoms with van der Waals surface area (Å²) in [6.07, 6.45) is 0. The van der Waals surface area contributed by atoms with E-state index in [1.165, 1.54) is 11.8 Å². The second-order valence-corrected chi connectivity index (χ2v) is 5.15. The number of thioether (sulfide) groups is 1. The lowest BCUT2D eigenvalue weighted by Crippen LogP contribution is -2.13. The van der Waals surface area contributed by atoms with Crippen LogP contribution in [0.3, 0.4) is 0 Å². The molecule has 2 rings (SSSR count). The molecule has 0 unspecified atom stereocenters. The third-order valence-corrected chi connectivity index (χ3v) is 3.44. The second kappa shape index (κ2) is 5.37. The van der Waals surface area contributed by atoms with E-state index in [4.69, 9.17) is 9.47 Å². The van der Waals surface area contributed by atoms with Crippen LogP contribution in [0.4, 0.5) is 0 Å². The van der Waals surface area contributed by atoms with Gasteiger partial charge in [0.1, 0.15) is 5.25 Å². The number of carbonyl (C=O) groups excluding carboxylic acids is 1. The van der Waals surface area contributed by atoms with Gasteiger partial charge >= 0.3 is 5.97 Å². The van der Waals surface area contributed by atoms with Crippen LogP contribution in [0.5, 0.6) is 0 Å². The molecular weight excluding hydrogens is 224 g/mol. The number of esters is 1. The summed E-state index contributed by atoms with van der Waals surface area (Å²) < 4.78 is 10.6. The lowest BCUT2D eigenvalue weighted by atomic mass is 10.2. The molecule has 86 valence electrons. The Kier molecular flexibility index (Phi) is 3.85. The molecule has 0 amide bonds. The number of rotatable bonds is 4. The lowest BCUT2D eigenvalue weighted by Gasteiger charge is -2.09. The van der Waals surface area contributed by atoms with E-state index in [1.54, 1.807) is 0 Å². The van der Waals surface area contributed by atoms with Gasteiger partial charge in [-0.1, -0.05) is 30.3 Å². The van der Waals surface area contributed by atoms with Gasteiger partial charge in [-0.2, -0.15) is 0 Å². The lowest BCUT2D eigenvalue weighted by molar-refractivity contribution is -0.143. The highest BCUT2D eigenvalue weighted by Crippen LogP contribution is 2.28. The minimum Gasteiger partial charge on any atom is -0.448 e. The number of cyclic esters (lactones) is 1. The summed E-state index contributed by atoms with van der Waals surface area (Å²) >= 11 is 1.51. The fourth-order valence-corrected chi connectivity index (χ4v) is 2.40. The summed E-state index contributed by atoms with van der Waals surface area (Å²) in [5.41, 5.74) is 0.982. The largest absolute Gasteiger partial charge is 0.448 e. The van der Waals surface area contributed by atoms with Crippen LogP contribution in [-0.2, 0) is 20.9 Å². The summed E-state index contributed by atoms with van der Waals surface area (Å²) in [6.45, 7) is 2.86. The topological polar surface area (TPSA) is 35.5 Å². The summed E-state index contributed by atoms with van der Waals surface area (Å²) in [6, 6.07) is 9.95. The maximum absolute atomic E-state index is 11.1. The van der Waals surface area contributed by atoms with Gasteiger partial charge in [-0.05, 0) is 12.5 Å². The fourth-order valence-electron chi connectivity index (χ4n) is 1.46. The van der Waals surface area contributed by atoms with Crippen molar-refractivity contribution >= 4 is 17.7 Å². The maximum atomic E-state index is 11.1. The Labute approximate surface area is 99.1 Å². The van der Waals surface area contributed by atoms with Crippen molar-refractivity contribution in [1.29, 1.82) is 0 Å². The zero-order chi connectivity index (χ0) is 11.4. The van der Waals surface area contributed by atoms with Gasteiger partial charge in [0.25, 0.3) is 0 Å². The fraction of sp³-hybridized carbons (Fsp3) is 0.417. The second-order valence-electron chi connectivity index (χ2n) is 3.65. The zero-order valence-electron chi connectivity index (χ0n) is 9.09. The average Bonchev–Trinajstić information content (AvgIpc) is 2.60. The van der Waals surface area contributed by atoms with Crippen molar-refractivity contribution < 1.29 is 14.3 Å².